The molecule has 0 radical (unpaired) electrons. The molecule has 5 nitrogen and oxygen atoms in total. The number of nitrogens with one attached hydrogen (secondary N) is 1. The van der Waals surface area contributed by atoms with E-state index in [0.717, 1.165) is 22.2 Å². The van der Waals surface area contributed by atoms with Gasteiger partial charge in [-0.3, -0.25) is 4.57 Å². The highest BCUT2D eigenvalue weighted by molar-refractivity contribution is 6.30. The van der Waals surface area contributed by atoms with E-state index >= 15 is 0 Å². The Bertz CT molecular complexity index is 1290. The number of ether oxygens (including phenoxy) is 1. The van der Waals surface area contributed by atoms with E-state index in [0.29, 0.717) is 22.2 Å². The van der Waals surface area contributed by atoms with Crippen molar-refractivity contribution in [2.24, 2.45) is 0 Å². The summed E-state index contributed by atoms with van der Waals surface area (Å²) in [6.07, 6.45) is 0. The second-order valence-corrected chi connectivity index (χ2v) is 7.68. The molecule has 1 atom stereocenters. The van der Waals surface area contributed by atoms with E-state index in [-0.39, 0.29) is 12.6 Å². The molecule has 0 saturated carbocycles. The summed E-state index contributed by atoms with van der Waals surface area (Å²) in [7, 11) is 0. The standard InChI is InChI=1S/C25H20ClN3O2/c1-2-31-24(30)21-22(16-8-4-3-5-9-16)28-25-27-19-10-6-7-11-20(19)29(25)23(21)17-12-14-18(26)15-13-17/h3-15,23H,2H2,1H3,(H,27,28). The van der Waals surface area contributed by atoms with E-state index in [9.17, 15) is 4.79 Å². The smallest absolute Gasteiger partial charge is 0.338 e. The normalized spacial score (nSPS) is 15.5. The number of hydrogen-bond donors (Lipinski definition) is 1. The first-order valence-electron chi connectivity index (χ1n) is 10.1. The van der Waals surface area contributed by atoms with E-state index in [2.05, 4.69) is 9.88 Å². The summed E-state index contributed by atoms with van der Waals surface area (Å²) in [6.45, 7) is 2.10. The molecule has 6 heteroatoms. The van der Waals surface area contributed by atoms with E-state index in [1.807, 2.05) is 85.8 Å². The van der Waals surface area contributed by atoms with Crippen LogP contribution < -0.4 is 5.32 Å². The van der Waals surface area contributed by atoms with Crippen molar-refractivity contribution in [3.8, 4) is 0 Å². The van der Waals surface area contributed by atoms with Crippen LogP contribution in [0, 0.1) is 0 Å². The fraction of sp³-hybridized carbons (Fsp3) is 0.120. The summed E-state index contributed by atoms with van der Waals surface area (Å²) in [4.78, 5) is 18.1. The number of rotatable bonds is 4. The molecule has 154 valence electrons. The topological polar surface area (TPSA) is 56.1 Å². The highest BCUT2D eigenvalue weighted by Gasteiger charge is 2.36. The summed E-state index contributed by atoms with van der Waals surface area (Å²) >= 11 is 6.16. The third-order valence-electron chi connectivity index (χ3n) is 5.38. The summed E-state index contributed by atoms with van der Waals surface area (Å²) in [5, 5.41) is 4.05. The fourth-order valence-electron chi connectivity index (χ4n) is 4.05. The summed E-state index contributed by atoms with van der Waals surface area (Å²) in [6, 6.07) is 24.8. The van der Waals surface area contributed by atoms with E-state index in [1.54, 1.807) is 0 Å². The Kier molecular flexibility index (Phi) is 4.96. The van der Waals surface area contributed by atoms with Gasteiger partial charge in [-0.2, -0.15) is 0 Å². The van der Waals surface area contributed by atoms with Crippen LogP contribution in [0.4, 0.5) is 5.95 Å². The van der Waals surface area contributed by atoms with E-state index in [4.69, 9.17) is 21.3 Å². The van der Waals surface area contributed by atoms with Crippen LogP contribution in [0.25, 0.3) is 16.7 Å². The van der Waals surface area contributed by atoms with Crippen LogP contribution in [0.2, 0.25) is 5.02 Å². The number of carbonyl (C=O) groups is 1. The molecule has 0 saturated heterocycles. The van der Waals surface area contributed by atoms with Gasteiger partial charge in [0.2, 0.25) is 5.95 Å². The number of hydrogen-bond acceptors (Lipinski definition) is 4. The third-order valence-corrected chi connectivity index (χ3v) is 5.63. The van der Waals surface area contributed by atoms with Crippen molar-refractivity contribution in [1.82, 2.24) is 9.55 Å². The van der Waals surface area contributed by atoms with Gasteiger partial charge in [-0.15, -0.1) is 0 Å². The lowest BCUT2D eigenvalue weighted by molar-refractivity contribution is -0.138. The van der Waals surface area contributed by atoms with Crippen LogP contribution in [0.15, 0.2) is 84.4 Å². The molecular weight excluding hydrogens is 410 g/mol. The first kappa shape index (κ1) is 19.4. The zero-order chi connectivity index (χ0) is 21.4. The molecule has 0 bridgehead atoms. The molecular formula is C25H20ClN3O2. The van der Waals surface area contributed by atoms with E-state index < -0.39 is 6.04 Å². The van der Waals surface area contributed by atoms with Crippen LogP contribution in [0.3, 0.4) is 0 Å². The predicted octanol–water partition coefficient (Wildman–Crippen LogP) is 5.68. The number of halogens is 1. The fourth-order valence-corrected chi connectivity index (χ4v) is 4.18. The molecule has 0 spiro atoms. The first-order chi connectivity index (χ1) is 15.2. The highest BCUT2D eigenvalue weighted by Crippen LogP contribution is 2.42. The second-order valence-electron chi connectivity index (χ2n) is 7.25. The lowest BCUT2D eigenvalue weighted by Crippen LogP contribution is -2.29. The monoisotopic (exact) mass is 429 g/mol. The molecule has 4 aromatic rings. The average molecular weight is 430 g/mol. The summed E-state index contributed by atoms with van der Waals surface area (Å²) in [5.41, 5.74) is 4.82. The van der Waals surface area contributed by atoms with Gasteiger partial charge in [-0.05, 0) is 42.3 Å². The third kappa shape index (κ3) is 3.37. The Morgan fingerprint density at radius 1 is 1.03 bits per heavy atom. The number of carbonyl (C=O) groups excluding carboxylic acids is 1. The number of nitrogens with zero attached hydrogens (tertiary/aromatic N) is 2. The number of benzene rings is 3. The van der Waals surface area contributed by atoms with Crippen molar-refractivity contribution in [2.45, 2.75) is 13.0 Å². The maximum atomic E-state index is 13.3. The van der Waals surface area contributed by atoms with E-state index in [1.165, 1.54) is 0 Å². The van der Waals surface area contributed by atoms with Gasteiger partial charge >= 0.3 is 5.97 Å². The van der Waals surface area contributed by atoms with Crippen LogP contribution in [0.5, 0.6) is 0 Å². The van der Waals surface area contributed by atoms with Crippen molar-refractivity contribution in [3.05, 3.63) is 101 Å². The van der Waals surface area contributed by atoms with Gasteiger partial charge in [0.05, 0.1) is 35.0 Å². The van der Waals surface area contributed by atoms with Crippen LogP contribution in [-0.4, -0.2) is 22.1 Å². The minimum absolute atomic E-state index is 0.287. The molecule has 1 aliphatic heterocycles. The molecule has 0 amide bonds. The summed E-state index contributed by atoms with van der Waals surface area (Å²) in [5.74, 6) is 0.310. The molecule has 0 fully saturated rings. The molecule has 2 heterocycles. The van der Waals surface area contributed by atoms with Crippen LogP contribution in [-0.2, 0) is 9.53 Å². The number of esters is 1. The Hall–Kier alpha value is -3.57. The Balaban J connectivity index is 1.83. The largest absolute Gasteiger partial charge is 0.463 e. The molecule has 3 aromatic carbocycles. The Labute approximate surface area is 184 Å². The van der Waals surface area contributed by atoms with Gasteiger partial charge in [-0.25, -0.2) is 9.78 Å². The minimum Gasteiger partial charge on any atom is -0.463 e. The molecule has 1 aliphatic rings. The molecule has 31 heavy (non-hydrogen) atoms. The highest BCUT2D eigenvalue weighted by atomic mass is 35.5. The predicted molar refractivity (Wildman–Crippen MR) is 123 cm³/mol. The molecule has 1 N–H and O–H groups in total. The lowest BCUT2D eigenvalue weighted by Gasteiger charge is -2.31. The number of aromatic nitrogens is 2. The zero-order valence-corrected chi connectivity index (χ0v) is 17.6. The van der Waals surface area contributed by atoms with Gasteiger partial charge in [0.25, 0.3) is 0 Å². The number of para-hydroxylation sites is 2. The van der Waals surface area contributed by atoms with Crippen molar-refractivity contribution < 1.29 is 9.53 Å². The molecule has 1 unspecified atom stereocenters. The maximum absolute atomic E-state index is 13.3. The minimum atomic E-state index is -0.421. The van der Waals surface area contributed by atoms with Crippen LogP contribution in [0.1, 0.15) is 24.1 Å². The van der Waals surface area contributed by atoms with Gasteiger partial charge in [-0.1, -0.05) is 66.2 Å². The number of anilines is 1. The molecule has 1 aromatic heterocycles. The first-order valence-corrected chi connectivity index (χ1v) is 10.5. The van der Waals surface area contributed by atoms with Crippen molar-refractivity contribution in [3.63, 3.8) is 0 Å². The maximum Gasteiger partial charge on any atom is 0.338 e. The van der Waals surface area contributed by atoms with Gasteiger partial charge < -0.3 is 10.1 Å². The van der Waals surface area contributed by atoms with Crippen molar-refractivity contribution in [2.75, 3.05) is 11.9 Å². The van der Waals surface area contributed by atoms with Crippen LogP contribution >= 0.6 is 11.6 Å². The second kappa shape index (κ2) is 7.93. The summed E-state index contributed by atoms with van der Waals surface area (Å²) < 4.78 is 7.57. The molecule has 5 rings (SSSR count). The van der Waals surface area contributed by atoms with Gasteiger partial charge in [0.1, 0.15) is 0 Å². The lowest BCUT2D eigenvalue weighted by atomic mass is 9.92. The average Bonchev–Trinajstić information content (AvgIpc) is 3.17. The zero-order valence-electron chi connectivity index (χ0n) is 16.9. The quantitative estimate of drug-likeness (QED) is 0.424. The number of imidazole rings is 1. The van der Waals surface area contributed by atoms with Gasteiger partial charge in [0.15, 0.2) is 0 Å². The van der Waals surface area contributed by atoms with Crippen molar-refractivity contribution in [1.29, 1.82) is 0 Å². The number of fused-ring (bicyclic) bond motifs is 3. The Morgan fingerprint density at radius 2 is 1.74 bits per heavy atom. The molecule has 0 aliphatic carbocycles. The SMILES string of the molecule is CCOC(=O)C1=C(c2ccccc2)Nc2nc3ccccc3n2C1c1ccc(Cl)cc1. The Morgan fingerprint density at radius 3 is 2.48 bits per heavy atom. The van der Waals surface area contributed by atoms with Gasteiger partial charge in [0, 0.05) is 5.02 Å². The van der Waals surface area contributed by atoms with Crippen molar-refractivity contribution >= 4 is 40.2 Å².